The van der Waals surface area contributed by atoms with Crippen molar-refractivity contribution in [2.24, 2.45) is 5.41 Å². The van der Waals surface area contributed by atoms with Crippen molar-refractivity contribution in [3.05, 3.63) is 34.1 Å². The molecule has 0 spiro atoms. The summed E-state index contributed by atoms with van der Waals surface area (Å²) >= 11 is 6.53. The lowest BCUT2D eigenvalue weighted by Gasteiger charge is -2.15. The molecule has 0 aliphatic rings. The van der Waals surface area contributed by atoms with Crippen molar-refractivity contribution in [1.29, 1.82) is 0 Å². The van der Waals surface area contributed by atoms with E-state index in [2.05, 4.69) is 20.9 Å². The molecule has 0 bridgehead atoms. The second-order valence-electron chi connectivity index (χ2n) is 5.47. The van der Waals surface area contributed by atoms with Crippen molar-refractivity contribution in [3.8, 4) is 11.3 Å². The van der Waals surface area contributed by atoms with Crippen LogP contribution in [-0.2, 0) is 4.79 Å². The molecule has 2 nitrogen and oxygen atoms in total. The van der Waals surface area contributed by atoms with E-state index in [9.17, 15) is 4.79 Å². The third-order valence-corrected chi connectivity index (χ3v) is 5.34. The summed E-state index contributed by atoms with van der Waals surface area (Å²) in [6, 6.07) is 8.08. The molecule has 0 atom stereocenters. The van der Waals surface area contributed by atoms with Gasteiger partial charge in [-0.3, -0.25) is 4.79 Å². The van der Waals surface area contributed by atoms with Crippen LogP contribution < -0.4 is 0 Å². The van der Waals surface area contributed by atoms with Gasteiger partial charge in [0.2, 0.25) is 0 Å². The van der Waals surface area contributed by atoms with Crippen LogP contribution in [0.3, 0.4) is 0 Å². The highest BCUT2D eigenvalue weighted by Gasteiger charge is 2.21. The first-order chi connectivity index (χ1) is 9.36. The van der Waals surface area contributed by atoms with Crippen LogP contribution in [0.5, 0.6) is 0 Å². The largest absolute Gasteiger partial charge is 0.298 e. The number of thiazole rings is 1. The molecule has 1 aromatic heterocycles. The lowest BCUT2D eigenvalue weighted by molar-refractivity contribution is -0.123. The summed E-state index contributed by atoms with van der Waals surface area (Å²) in [5, 5.41) is 2.03. The number of carbonyl (C=O) groups is 1. The number of aromatic nitrogens is 1. The first kappa shape index (κ1) is 15.7. The van der Waals surface area contributed by atoms with Gasteiger partial charge in [-0.25, -0.2) is 4.98 Å². The van der Waals surface area contributed by atoms with Gasteiger partial charge in [-0.15, -0.1) is 11.3 Å². The predicted molar refractivity (Wildman–Crippen MR) is 90.4 cm³/mol. The van der Waals surface area contributed by atoms with Crippen LogP contribution in [0.1, 0.15) is 20.8 Å². The number of hydrogen-bond donors (Lipinski definition) is 0. The molecule has 0 saturated heterocycles. The molecule has 0 aliphatic carbocycles. The Morgan fingerprint density at radius 3 is 2.55 bits per heavy atom. The van der Waals surface area contributed by atoms with Gasteiger partial charge in [-0.2, -0.15) is 0 Å². The summed E-state index contributed by atoms with van der Waals surface area (Å²) in [7, 11) is 0. The Hall–Kier alpha value is -0.650. The van der Waals surface area contributed by atoms with E-state index in [1.165, 1.54) is 11.8 Å². The van der Waals surface area contributed by atoms with Crippen molar-refractivity contribution in [2.75, 3.05) is 5.75 Å². The van der Waals surface area contributed by atoms with E-state index in [0.717, 1.165) is 20.1 Å². The van der Waals surface area contributed by atoms with E-state index < -0.39 is 0 Å². The molecule has 2 aromatic rings. The molecule has 0 fully saturated rings. The molecule has 1 heterocycles. The van der Waals surface area contributed by atoms with Gasteiger partial charge in [0.25, 0.3) is 0 Å². The number of rotatable bonds is 4. The van der Waals surface area contributed by atoms with Gasteiger partial charge < -0.3 is 0 Å². The highest BCUT2D eigenvalue weighted by atomic mass is 79.9. The molecule has 0 N–H and O–H groups in total. The van der Waals surface area contributed by atoms with Crippen LogP contribution in [0, 0.1) is 5.41 Å². The first-order valence-corrected chi connectivity index (χ1v) is 8.89. The Morgan fingerprint density at radius 2 is 1.95 bits per heavy atom. The average molecular weight is 370 g/mol. The second-order valence-corrected chi connectivity index (χ2v) is 8.46. The number of benzene rings is 1. The fraction of sp³-hybridized carbons (Fsp3) is 0.333. The average Bonchev–Trinajstić information content (AvgIpc) is 2.84. The third-order valence-electron chi connectivity index (χ3n) is 2.79. The zero-order valence-corrected chi connectivity index (χ0v) is 14.9. The van der Waals surface area contributed by atoms with Gasteiger partial charge in [-0.05, 0) is 12.1 Å². The minimum absolute atomic E-state index is 0.253. The first-order valence-electron chi connectivity index (χ1n) is 6.24. The Kier molecular flexibility index (Phi) is 5.04. The van der Waals surface area contributed by atoms with E-state index in [-0.39, 0.29) is 11.2 Å². The number of nitrogens with zero attached hydrogens (tertiary/aromatic N) is 1. The van der Waals surface area contributed by atoms with Crippen molar-refractivity contribution < 1.29 is 4.79 Å². The summed E-state index contributed by atoms with van der Waals surface area (Å²) in [5.74, 6) is 0.736. The quantitative estimate of drug-likeness (QED) is 0.686. The molecule has 0 saturated carbocycles. The third kappa shape index (κ3) is 4.17. The van der Waals surface area contributed by atoms with E-state index in [0.29, 0.717) is 5.75 Å². The zero-order chi connectivity index (χ0) is 14.8. The Balaban J connectivity index is 2.03. The number of ketones is 1. The van der Waals surface area contributed by atoms with Crippen molar-refractivity contribution in [3.63, 3.8) is 0 Å². The lowest BCUT2D eigenvalue weighted by Crippen LogP contribution is -2.21. The molecular weight excluding hydrogens is 354 g/mol. The Bertz CT molecular complexity index is 599. The van der Waals surface area contributed by atoms with E-state index in [4.69, 9.17) is 0 Å². The molecule has 2 rings (SSSR count). The van der Waals surface area contributed by atoms with Crippen molar-refractivity contribution in [2.45, 2.75) is 25.1 Å². The van der Waals surface area contributed by atoms with Crippen LogP contribution in [0.4, 0.5) is 0 Å². The summed E-state index contributed by atoms with van der Waals surface area (Å²) in [6.07, 6.45) is 0. The summed E-state index contributed by atoms with van der Waals surface area (Å²) < 4.78 is 2.00. The van der Waals surface area contributed by atoms with Crippen LogP contribution in [0.15, 0.2) is 38.5 Å². The minimum atomic E-state index is -0.279. The molecule has 0 amide bonds. The molecule has 0 radical (unpaired) electrons. The highest BCUT2D eigenvalue weighted by molar-refractivity contribution is 9.10. The molecule has 20 heavy (non-hydrogen) atoms. The van der Waals surface area contributed by atoms with Gasteiger partial charge in [0.05, 0.1) is 11.4 Å². The van der Waals surface area contributed by atoms with Crippen molar-refractivity contribution >= 4 is 44.8 Å². The van der Waals surface area contributed by atoms with Gasteiger partial charge in [0.15, 0.2) is 4.34 Å². The summed E-state index contributed by atoms with van der Waals surface area (Å²) in [5.41, 5.74) is 1.78. The Labute approximate surface area is 136 Å². The normalized spacial score (nSPS) is 11.6. The number of carbonyl (C=O) groups excluding carboxylic acids is 1. The maximum absolute atomic E-state index is 11.9. The number of Topliss-reactive ketones (excluding diaryl/α,β-unsaturated/α-hetero) is 1. The van der Waals surface area contributed by atoms with Crippen LogP contribution in [0.25, 0.3) is 11.3 Å². The lowest BCUT2D eigenvalue weighted by atomic mass is 9.92. The minimum Gasteiger partial charge on any atom is -0.298 e. The molecule has 1 aromatic carbocycles. The van der Waals surface area contributed by atoms with Crippen molar-refractivity contribution in [1.82, 2.24) is 4.98 Å². The summed E-state index contributed by atoms with van der Waals surface area (Å²) in [4.78, 5) is 16.5. The molecular formula is C15H16BrNOS2. The number of hydrogen-bond acceptors (Lipinski definition) is 4. The fourth-order valence-corrected chi connectivity index (χ4v) is 3.68. The fourth-order valence-electron chi connectivity index (χ4n) is 1.42. The maximum atomic E-state index is 11.9. The van der Waals surface area contributed by atoms with Gasteiger partial charge in [0, 0.05) is 20.8 Å². The highest BCUT2D eigenvalue weighted by Crippen LogP contribution is 2.30. The second kappa shape index (κ2) is 6.41. The van der Waals surface area contributed by atoms with Gasteiger partial charge in [0.1, 0.15) is 5.78 Å². The van der Waals surface area contributed by atoms with E-state index in [1.54, 1.807) is 11.3 Å². The van der Waals surface area contributed by atoms with Crippen LogP contribution >= 0.6 is 39.0 Å². The van der Waals surface area contributed by atoms with Crippen LogP contribution in [0.2, 0.25) is 0 Å². The van der Waals surface area contributed by atoms with E-state index >= 15 is 0 Å². The SMILES string of the molecule is CC(C)(C)C(=O)CSc1nc(-c2ccc(Br)cc2)cs1. The Morgan fingerprint density at radius 1 is 1.30 bits per heavy atom. The molecule has 0 unspecified atom stereocenters. The monoisotopic (exact) mass is 369 g/mol. The summed E-state index contributed by atoms with van der Waals surface area (Å²) in [6.45, 7) is 5.85. The van der Waals surface area contributed by atoms with Gasteiger partial charge >= 0.3 is 0 Å². The molecule has 0 aliphatic heterocycles. The van der Waals surface area contributed by atoms with E-state index in [1.807, 2.05) is 50.4 Å². The van der Waals surface area contributed by atoms with Gasteiger partial charge in [-0.1, -0.05) is 60.6 Å². The topological polar surface area (TPSA) is 30.0 Å². The standard InChI is InChI=1S/C15H16BrNOS2/c1-15(2,3)13(18)9-20-14-17-12(8-19-14)10-4-6-11(16)7-5-10/h4-8H,9H2,1-3H3. The number of thioether (sulfide) groups is 1. The number of halogens is 1. The smallest absolute Gasteiger partial charge is 0.150 e. The molecule has 106 valence electrons. The predicted octanol–water partition coefficient (Wildman–Crippen LogP) is 5.28. The molecule has 5 heteroatoms. The van der Waals surface area contributed by atoms with Crippen LogP contribution in [-0.4, -0.2) is 16.5 Å². The zero-order valence-electron chi connectivity index (χ0n) is 11.6. The maximum Gasteiger partial charge on any atom is 0.150 e.